The zero-order valence-corrected chi connectivity index (χ0v) is 17.3. The normalized spacial score (nSPS) is 11.9. The van der Waals surface area contributed by atoms with E-state index in [1.54, 1.807) is 52.1 Å². The molecule has 0 saturated carbocycles. The second kappa shape index (κ2) is 8.44. The first-order chi connectivity index (χ1) is 13.9. The predicted octanol–water partition coefficient (Wildman–Crippen LogP) is 3.15. The van der Waals surface area contributed by atoms with Crippen LogP contribution < -0.4 is 15.6 Å². The molecule has 0 unspecified atom stereocenters. The zero-order valence-electron chi connectivity index (χ0n) is 16.5. The molecule has 29 heavy (non-hydrogen) atoms. The fraction of sp³-hybridized carbons (Fsp3) is 0.300. The molecule has 0 aliphatic rings. The molecular weight excluding hydrogens is 394 g/mol. The maximum absolute atomic E-state index is 13.0. The molecule has 2 heterocycles. The highest BCUT2D eigenvalue weighted by Gasteiger charge is 2.23. The van der Waals surface area contributed by atoms with Gasteiger partial charge in [0.2, 0.25) is 5.91 Å². The van der Waals surface area contributed by atoms with E-state index in [2.05, 4.69) is 10.3 Å². The number of nitrogens with one attached hydrogen (secondary N) is 1. The Labute approximate surface area is 171 Å². The molecule has 1 atom stereocenters. The highest BCUT2D eigenvalue weighted by molar-refractivity contribution is 7.20. The molecule has 8 nitrogen and oxygen atoms in total. The first kappa shape index (κ1) is 20.5. The number of rotatable bonds is 6. The Hall–Kier alpha value is -3.20. The van der Waals surface area contributed by atoms with Crippen LogP contribution in [0.2, 0.25) is 0 Å². The Kier molecular flexibility index (Phi) is 5.97. The van der Waals surface area contributed by atoms with E-state index in [9.17, 15) is 14.4 Å². The van der Waals surface area contributed by atoms with E-state index >= 15 is 0 Å². The number of thiophene rings is 1. The second-order valence-corrected chi connectivity index (χ2v) is 7.31. The number of benzene rings is 1. The SMILES string of the molecule is CCOC(=O)c1sc2ncn([C@@H](C)C(=O)Nc3ccc(OC)cc3)c(=O)c2c1C. The maximum atomic E-state index is 13.0. The summed E-state index contributed by atoms with van der Waals surface area (Å²) in [5.41, 5.74) is 0.718. The number of anilines is 1. The van der Waals surface area contributed by atoms with Crippen LogP contribution in [0.5, 0.6) is 5.75 Å². The molecule has 3 rings (SSSR count). The summed E-state index contributed by atoms with van der Waals surface area (Å²) in [7, 11) is 1.56. The minimum atomic E-state index is -0.799. The lowest BCUT2D eigenvalue weighted by molar-refractivity contribution is -0.118. The number of aromatic nitrogens is 2. The molecule has 9 heteroatoms. The van der Waals surface area contributed by atoms with Gasteiger partial charge in [-0.3, -0.25) is 14.2 Å². The Morgan fingerprint density at radius 2 is 1.97 bits per heavy atom. The first-order valence-electron chi connectivity index (χ1n) is 8.99. The number of hydrogen-bond donors (Lipinski definition) is 1. The lowest BCUT2D eigenvalue weighted by atomic mass is 10.2. The van der Waals surface area contributed by atoms with E-state index in [1.165, 1.54) is 10.9 Å². The van der Waals surface area contributed by atoms with E-state index in [0.717, 1.165) is 11.3 Å². The molecule has 0 aliphatic carbocycles. The van der Waals surface area contributed by atoms with Crippen molar-refractivity contribution in [2.45, 2.75) is 26.8 Å². The lowest BCUT2D eigenvalue weighted by Crippen LogP contribution is -2.31. The van der Waals surface area contributed by atoms with Crippen LogP contribution in [0, 0.1) is 6.92 Å². The third-order valence-corrected chi connectivity index (χ3v) is 5.67. The number of carbonyl (C=O) groups excluding carboxylic acids is 2. The van der Waals surface area contributed by atoms with Crippen molar-refractivity contribution in [3.63, 3.8) is 0 Å². The van der Waals surface area contributed by atoms with Crippen molar-refractivity contribution in [2.75, 3.05) is 19.0 Å². The van der Waals surface area contributed by atoms with Crippen molar-refractivity contribution in [1.82, 2.24) is 9.55 Å². The topological polar surface area (TPSA) is 99.5 Å². The highest BCUT2D eigenvalue weighted by Crippen LogP contribution is 2.28. The van der Waals surface area contributed by atoms with Gasteiger partial charge in [0.1, 0.15) is 21.5 Å². The van der Waals surface area contributed by atoms with Gasteiger partial charge in [-0.05, 0) is 50.6 Å². The van der Waals surface area contributed by atoms with Crippen LogP contribution in [-0.4, -0.2) is 35.1 Å². The average Bonchev–Trinajstić information content (AvgIpc) is 3.06. The van der Waals surface area contributed by atoms with E-state index < -0.39 is 12.0 Å². The van der Waals surface area contributed by atoms with Crippen molar-refractivity contribution < 1.29 is 19.1 Å². The van der Waals surface area contributed by atoms with Crippen LogP contribution in [-0.2, 0) is 9.53 Å². The largest absolute Gasteiger partial charge is 0.497 e. The molecule has 0 radical (unpaired) electrons. The number of amides is 1. The third-order valence-electron chi connectivity index (χ3n) is 4.49. The summed E-state index contributed by atoms with van der Waals surface area (Å²) < 4.78 is 11.4. The van der Waals surface area contributed by atoms with Gasteiger partial charge in [0.05, 0.1) is 25.4 Å². The van der Waals surface area contributed by atoms with Crippen LogP contribution in [0.15, 0.2) is 35.4 Å². The van der Waals surface area contributed by atoms with E-state index in [0.29, 0.717) is 32.1 Å². The van der Waals surface area contributed by atoms with E-state index in [-0.39, 0.29) is 18.1 Å². The minimum Gasteiger partial charge on any atom is -0.497 e. The molecule has 3 aromatic rings. The minimum absolute atomic E-state index is 0.243. The molecule has 1 aromatic carbocycles. The average molecular weight is 415 g/mol. The van der Waals surface area contributed by atoms with E-state index in [1.807, 2.05) is 0 Å². The van der Waals surface area contributed by atoms with Gasteiger partial charge in [-0.25, -0.2) is 9.78 Å². The van der Waals surface area contributed by atoms with Gasteiger partial charge in [0, 0.05) is 5.69 Å². The summed E-state index contributed by atoms with van der Waals surface area (Å²) in [6.07, 6.45) is 1.33. The summed E-state index contributed by atoms with van der Waals surface area (Å²) in [4.78, 5) is 42.8. The number of esters is 1. The molecular formula is C20H21N3O5S. The summed E-state index contributed by atoms with van der Waals surface area (Å²) >= 11 is 1.11. The maximum Gasteiger partial charge on any atom is 0.348 e. The molecule has 2 aromatic heterocycles. The molecule has 1 N–H and O–H groups in total. The smallest absolute Gasteiger partial charge is 0.348 e. The second-order valence-electron chi connectivity index (χ2n) is 6.31. The Morgan fingerprint density at radius 1 is 1.28 bits per heavy atom. The standard InChI is InChI=1S/C20H21N3O5S/c1-5-28-20(26)16-11(2)15-18(29-16)21-10-23(19(15)25)12(3)17(24)22-13-6-8-14(27-4)9-7-13/h6-10,12H,5H2,1-4H3,(H,22,24)/t12-/m0/s1. The number of fused-ring (bicyclic) bond motifs is 1. The highest BCUT2D eigenvalue weighted by atomic mass is 32.1. The van der Waals surface area contributed by atoms with Crippen LogP contribution in [0.25, 0.3) is 10.2 Å². The van der Waals surface area contributed by atoms with Crippen molar-refractivity contribution in [2.24, 2.45) is 0 Å². The number of hydrogen-bond acceptors (Lipinski definition) is 7. The van der Waals surface area contributed by atoms with Crippen molar-refractivity contribution in [3.8, 4) is 5.75 Å². The molecule has 0 saturated heterocycles. The van der Waals surface area contributed by atoms with Crippen molar-refractivity contribution >= 4 is 39.1 Å². The van der Waals surface area contributed by atoms with Gasteiger partial charge in [-0.2, -0.15) is 0 Å². The van der Waals surface area contributed by atoms with Gasteiger partial charge >= 0.3 is 5.97 Å². The lowest BCUT2D eigenvalue weighted by Gasteiger charge is -2.15. The first-order valence-corrected chi connectivity index (χ1v) is 9.81. The third kappa shape index (κ3) is 4.00. The fourth-order valence-corrected chi connectivity index (χ4v) is 3.88. The number of ether oxygens (including phenoxy) is 2. The zero-order chi connectivity index (χ0) is 21.1. The molecule has 0 fully saturated rings. The fourth-order valence-electron chi connectivity index (χ4n) is 2.85. The van der Waals surface area contributed by atoms with Gasteiger partial charge in [-0.1, -0.05) is 0 Å². The van der Waals surface area contributed by atoms with Crippen molar-refractivity contribution in [1.29, 1.82) is 0 Å². The van der Waals surface area contributed by atoms with Gasteiger partial charge in [0.25, 0.3) is 5.56 Å². The number of nitrogens with zero attached hydrogens (tertiary/aromatic N) is 2. The monoisotopic (exact) mass is 415 g/mol. The molecule has 1 amide bonds. The molecule has 0 aliphatic heterocycles. The Balaban J connectivity index is 1.91. The van der Waals surface area contributed by atoms with Crippen molar-refractivity contribution in [3.05, 3.63) is 51.4 Å². The number of methoxy groups -OCH3 is 1. The van der Waals surface area contributed by atoms with Gasteiger partial charge in [-0.15, -0.1) is 11.3 Å². The van der Waals surface area contributed by atoms with Gasteiger partial charge in [0.15, 0.2) is 0 Å². The summed E-state index contributed by atoms with van der Waals surface area (Å²) in [6, 6.07) is 6.08. The summed E-state index contributed by atoms with van der Waals surface area (Å²) in [6.45, 7) is 5.25. The molecule has 0 spiro atoms. The summed E-state index contributed by atoms with van der Waals surface area (Å²) in [5, 5.41) is 3.09. The van der Waals surface area contributed by atoms with Gasteiger partial charge < -0.3 is 14.8 Å². The Morgan fingerprint density at radius 3 is 2.59 bits per heavy atom. The molecule has 0 bridgehead atoms. The summed E-state index contributed by atoms with van der Waals surface area (Å²) in [5.74, 6) is -0.173. The predicted molar refractivity (Wildman–Crippen MR) is 111 cm³/mol. The van der Waals surface area contributed by atoms with E-state index in [4.69, 9.17) is 9.47 Å². The van der Waals surface area contributed by atoms with Crippen LogP contribution in [0.3, 0.4) is 0 Å². The number of carbonyl (C=O) groups is 2. The number of aryl methyl sites for hydroxylation is 1. The Bertz CT molecular complexity index is 1120. The molecule has 152 valence electrons. The van der Waals surface area contributed by atoms with Crippen LogP contribution in [0.4, 0.5) is 5.69 Å². The van der Waals surface area contributed by atoms with Crippen LogP contribution >= 0.6 is 11.3 Å². The van der Waals surface area contributed by atoms with Crippen LogP contribution in [0.1, 0.15) is 35.1 Å². The quantitative estimate of drug-likeness (QED) is 0.621.